The average molecular weight is 242 g/mol. The summed E-state index contributed by atoms with van der Waals surface area (Å²) in [7, 11) is 0. The monoisotopic (exact) mass is 242 g/mol. The zero-order chi connectivity index (χ0) is 12.8. The van der Waals surface area contributed by atoms with E-state index >= 15 is 0 Å². The van der Waals surface area contributed by atoms with E-state index in [0.29, 0.717) is 0 Å². The summed E-state index contributed by atoms with van der Waals surface area (Å²) in [5.41, 5.74) is 4.65. The van der Waals surface area contributed by atoms with Gasteiger partial charge in [0.15, 0.2) is 0 Å². The number of nitro benzene ring substituents is 1. The highest BCUT2D eigenvalue weighted by atomic mass is 19.1. The molecule has 1 aromatic rings. The van der Waals surface area contributed by atoms with Crippen LogP contribution in [0.5, 0.6) is 0 Å². The van der Waals surface area contributed by atoms with Crippen molar-refractivity contribution < 1.29 is 14.1 Å². The SMILES string of the molecule is NC(=O)NCCNc1cc(F)ccc1[N+](=O)[O-]. The van der Waals surface area contributed by atoms with Crippen LogP contribution in [-0.2, 0) is 0 Å². The lowest BCUT2D eigenvalue weighted by atomic mass is 10.2. The molecule has 0 aromatic heterocycles. The smallest absolute Gasteiger partial charge is 0.312 e. The predicted octanol–water partition coefficient (Wildman–Crippen LogP) is 0.814. The van der Waals surface area contributed by atoms with E-state index in [4.69, 9.17) is 5.73 Å². The summed E-state index contributed by atoms with van der Waals surface area (Å²) in [6.07, 6.45) is 0. The molecule has 1 rings (SSSR count). The van der Waals surface area contributed by atoms with E-state index in [1.165, 1.54) is 0 Å². The van der Waals surface area contributed by atoms with Gasteiger partial charge in [0.1, 0.15) is 11.5 Å². The average Bonchev–Trinajstić information content (AvgIpc) is 2.23. The molecule has 0 unspecified atom stereocenters. The number of nitrogens with zero attached hydrogens (tertiary/aromatic N) is 1. The molecule has 0 bridgehead atoms. The Hall–Kier alpha value is -2.38. The van der Waals surface area contributed by atoms with Crippen LogP contribution in [0.1, 0.15) is 0 Å². The van der Waals surface area contributed by atoms with Gasteiger partial charge in [0.2, 0.25) is 0 Å². The standard InChI is InChI=1S/C9H11FN4O3/c10-6-1-2-8(14(16)17)7(5-6)12-3-4-13-9(11)15/h1-2,5,12H,3-4H2,(H3,11,13,15). The van der Waals surface area contributed by atoms with Crippen molar-refractivity contribution in [2.24, 2.45) is 5.73 Å². The van der Waals surface area contributed by atoms with Crippen LogP contribution in [0.4, 0.5) is 20.6 Å². The highest BCUT2D eigenvalue weighted by molar-refractivity contribution is 5.71. The maximum absolute atomic E-state index is 12.9. The Kier molecular flexibility index (Phi) is 4.21. The number of nitrogens with one attached hydrogen (secondary N) is 2. The van der Waals surface area contributed by atoms with Crippen molar-refractivity contribution in [2.75, 3.05) is 18.4 Å². The fraction of sp³-hybridized carbons (Fsp3) is 0.222. The Morgan fingerprint density at radius 3 is 2.76 bits per heavy atom. The number of benzene rings is 1. The highest BCUT2D eigenvalue weighted by Crippen LogP contribution is 2.24. The van der Waals surface area contributed by atoms with Crippen molar-refractivity contribution in [1.82, 2.24) is 5.32 Å². The summed E-state index contributed by atoms with van der Waals surface area (Å²) in [5.74, 6) is -0.582. The number of carbonyl (C=O) groups is 1. The molecule has 4 N–H and O–H groups in total. The number of rotatable bonds is 5. The topological polar surface area (TPSA) is 110 Å². The summed E-state index contributed by atoms with van der Waals surface area (Å²) >= 11 is 0. The number of primary amides is 1. The molecule has 7 nitrogen and oxygen atoms in total. The minimum atomic E-state index is -0.694. The molecule has 0 saturated carbocycles. The van der Waals surface area contributed by atoms with Crippen molar-refractivity contribution in [2.45, 2.75) is 0 Å². The summed E-state index contributed by atoms with van der Waals surface area (Å²) in [6.45, 7) is 0.385. The number of urea groups is 1. The van der Waals surface area contributed by atoms with Gasteiger partial charge in [-0.3, -0.25) is 10.1 Å². The van der Waals surface area contributed by atoms with Gasteiger partial charge >= 0.3 is 6.03 Å². The third-order valence-electron chi connectivity index (χ3n) is 1.89. The van der Waals surface area contributed by atoms with Gasteiger partial charge in [-0.25, -0.2) is 9.18 Å². The lowest BCUT2D eigenvalue weighted by Crippen LogP contribution is -2.33. The maximum Gasteiger partial charge on any atom is 0.312 e. The van der Waals surface area contributed by atoms with Crippen LogP contribution in [0.25, 0.3) is 0 Å². The first-order chi connectivity index (χ1) is 8.00. The lowest BCUT2D eigenvalue weighted by Gasteiger charge is -2.07. The first-order valence-corrected chi connectivity index (χ1v) is 4.72. The summed E-state index contributed by atoms with van der Waals surface area (Å²) in [4.78, 5) is 20.4. The third kappa shape index (κ3) is 3.93. The molecule has 0 radical (unpaired) electrons. The number of halogens is 1. The number of hydrogen-bond donors (Lipinski definition) is 3. The Morgan fingerprint density at radius 2 is 2.18 bits per heavy atom. The molecule has 17 heavy (non-hydrogen) atoms. The number of carbonyl (C=O) groups excluding carboxylic acids is 1. The van der Waals surface area contributed by atoms with Gasteiger partial charge in [0.25, 0.3) is 5.69 Å². The van der Waals surface area contributed by atoms with E-state index in [-0.39, 0.29) is 24.5 Å². The number of hydrogen-bond acceptors (Lipinski definition) is 4. The van der Waals surface area contributed by atoms with Gasteiger partial charge in [-0.1, -0.05) is 0 Å². The van der Waals surface area contributed by atoms with Gasteiger partial charge in [0.05, 0.1) is 4.92 Å². The van der Waals surface area contributed by atoms with E-state index in [2.05, 4.69) is 10.6 Å². The lowest BCUT2D eigenvalue weighted by molar-refractivity contribution is -0.384. The molecule has 0 heterocycles. The molecule has 92 valence electrons. The molecule has 1 aromatic carbocycles. The molecule has 0 atom stereocenters. The highest BCUT2D eigenvalue weighted by Gasteiger charge is 2.13. The number of amides is 2. The maximum atomic E-state index is 12.9. The Balaban J connectivity index is 2.65. The second kappa shape index (κ2) is 5.64. The Bertz CT molecular complexity index is 438. The number of nitro groups is 1. The van der Waals surface area contributed by atoms with Gasteiger partial charge in [-0.15, -0.1) is 0 Å². The summed E-state index contributed by atoms with van der Waals surface area (Å²) < 4.78 is 12.9. The molecule has 0 aliphatic rings. The first kappa shape index (κ1) is 12.7. The van der Waals surface area contributed by atoms with Crippen LogP contribution in [0, 0.1) is 15.9 Å². The zero-order valence-corrected chi connectivity index (χ0v) is 8.77. The molecule has 0 aliphatic heterocycles. The van der Waals surface area contributed by atoms with Crippen molar-refractivity contribution in [3.63, 3.8) is 0 Å². The first-order valence-electron chi connectivity index (χ1n) is 4.72. The Labute approximate surface area is 95.9 Å². The quantitative estimate of drug-likeness (QED) is 0.403. The largest absolute Gasteiger partial charge is 0.378 e. The van der Waals surface area contributed by atoms with Gasteiger partial charge < -0.3 is 16.4 Å². The minimum absolute atomic E-state index is 0.0567. The van der Waals surface area contributed by atoms with E-state index < -0.39 is 16.8 Å². The fourth-order valence-electron chi connectivity index (χ4n) is 1.19. The van der Waals surface area contributed by atoms with Crippen molar-refractivity contribution in [3.8, 4) is 0 Å². The van der Waals surface area contributed by atoms with E-state index in [0.717, 1.165) is 18.2 Å². The molecule has 8 heteroatoms. The Morgan fingerprint density at radius 1 is 1.47 bits per heavy atom. The van der Waals surface area contributed by atoms with Crippen molar-refractivity contribution in [3.05, 3.63) is 34.1 Å². The number of anilines is 1. The van der Waals surface area contributed by atoms with Crippen LogP contribution >= 0.6 is 0 Å². The zero-order valence-electron chi connectivity index (χ0n) is 8.77. The molecular formula is C9H11FN4O3. The van der Waals surface area contributed by atoms with E-state index in [9.17, 15) is 19.3 Å². The fourth-order valence-corrected chi connectivity index (χ4v) is 1.19. The van der Waals surface area contributed by atoms with Crippen molar-refractivity contribution in [1.29, 1.82) is 0 Å². The molecule has 2 amide bonds. The van der Waals surface area contributed by atoms with Crippen LogP contribution in [0.2, 0.25) is 0 Å². The van der Waals surface area contributed by atoms with Crippen LogP contribution in [-0.4, -0.2) is 24.0 Å². The third-order valence-corrected chi connectivity index (χ3v) is 1.89. The van der Waals surface area contributed by atoms with E-state index in [1.807, 2.05) is 0 Å². The molecular weight excluding hydrogens is 231 g/mol. The minimum Gasteiger partial charge on any atom is -0.378 e. The van der Waals surface area contributed by atoms with E-state index in [1.54, 1.807) is 0 Å². The van der Waals surface area contributed by atoms with Crippen LogP contribution < -0.4 is 16.4 Å². The molecule has 0 saturated heterocycles. The van der Waals surface area contributed by atoms with Gasteiger partial charge in [-0.05, 0) is 6.07 Å². The van der Waals surface area contributed by atoms with Crippen LogP contribution in [0.3, 0.4) is 0 Å². The van der Waals surface area contributed by atoms with Gasteiger partial charge in [-0.2, -0.15) is 0 Å². The predicted molar refractivity (Wildman–Crippen MR) is 59.1 cm³/mol. The second-order valence-electron chi connectivity index (χ2n) is 3.14. The summed E-state index contributed by atoms with van der Waals surface area (Å²) in [5, 5.41) is 15.6. The van der Waals surface area contributed by atoms with Crippen molar-refractivity contribution >= 4 is 17.4 Å². The normalized spacial score (nSPS) is 9.71. The second-order valence-corrected chi connectivity index (χ2v) is 3.14. The van der Waals surface area contributed by atoms with Crippen LogP contribution in [0.15, 0.2) is 18.2 Å². The van der Waals surface area contributed by atoms with Gasteiger partial charge in [0, 0.05) is 25.2 Å². The molecule has 0 aliphatic carbocycles. The number of nitrogens with two attached hydrogens (primary N) is 1. The summed E-state index contributed by atoms with van der Waals surface area (Å²) in [6, 6.07) is 2.40. The molecule has 0 spiro atoms. The molecule has 0 fully saturated rings.